The van der Waals surface area contributed by atoms with Gasteiger partial charge >= 0.3 is 0 Å². The number of rotatable bonds is 3. The number of sulfone groups is 1. The first kappa shape index (κ1) is 11.7. The molecule has 15 heavy (non-hydrogen) atoms. The van der Waals surface area contributed by atoms with E-state index in [1.807, 2.05) is 6.07 Å². The Morgan fingerprint density at radius 1 is 1.27 bits per heavy atom. The van der Waals surface area contributed by atoms with Crippen molar-refractivity contribution in [1.29, 1.82) is 0 Å². The van der Waals surface area contributed by atoms with E-state index >= 15 is 0 Å². The Morgan fingerprint density at radius 2 is 1.80 bits per heavy atom. The Morgan fingerprint density at radius 3 is 2.27 bits per heavy atom. The van der Waals surface area contributed by atoms with Gasteiger partial charge in [-0.25, -0.2) is 8.42 Å². The minimum Gasteiger partial charge on any atom is -0.325 e. The molecule has 0 aliphatic heterocycles. The number of anilines is 1. The van der Waals surface area contributed by atoms with Crippen molar-refractivity contribution in [2.45, 2.75) is 12.2 Å². The quantitative estimate of drug-likeness (QED) is 0.839. The van der Waals surface area contributed by atoms with Gasteiger partial charge in [-0.3, -0.25) is 4.79 Å². The highest BCUT2D eigenvalue weighted by Gasteiger charge is 2.23. The number of hydrogen-bond donors (Lipinski definition) is 1. The van der Waals surface area contributed by atoms with Crippen LogP contribution in [0.25, 0.3) is 0 Å². The summed E-state index contributed by atoms with van der Waals surface area (Å²) in [7, 11) is -3.33. The summed E-state index contributed by atoms with van der Waals surface area (Å²) < 4.78 is 22.2. The molecule has 0 saturated heterocycles. The molecule has 0 heterocycles. The number of hydrogen-bond acceptors (Lipinski definition) is 3. The van der Waals surface area contributed by atoms with Gasteiger partial charge in [0.05, 0.1) is 0 Å². The van der Waals surface area contributed by atoms with Gasteiger partial charge in [0, 0.05) is 11.9 Å². The highest BCUT2D eigenvalue weighted by molar-refractivity contribution is 7.92. The average molecular weight is 227 g/mol. The zero-order chi connectivity index (χ0) is 11.5. The molecule has 1 atom stereocenters. The van der Waals surface area contributed by atoms with Gasteiger partial charge in [-0.15, -0.1) is 0 Å². The zero-order valence-electron chi connectivity index (χ0n) is 8.60. The molecule has 0 saturated carbocycles. The van der Waals surface area contributed by atoms with Crippen LogP contribution >= 0.6 is 0 Å². The van der Waals surface area contributed by atoms with Crippen molar-refractivity contribution in [3.05, 3.63) is 30.3 Å². The molecule has 1 amide bonds. The van der Waals surface area contributed by atoms with E-state index in [4.69, 9.17) is 0 Å². The van der Waals surface area contributed by atoms with Gasteiger partial charge in [0.1, 0.15) is 5.25 Å². The van der Waals surface area contributed by atoms with Crippen LogP contribution in [0.2, 0.25) is 0 Å². The second-order valence-corrected chi connectivity index (χ2v) is 5.69. The molecule has 0 spiro atoms. The molecule has 0 aromatic heterocycles. The van der Waals surface area contributed by atoms with Crippen LogP contribution in [0.3, 0.4) is 0 Å². The van der Waals surface area contributed by atoms with Gasteiger partial charge in [-0.05, 0) is 19.1 Å². The highest BCUT2D eigenvalue weighted by atomic mass is 32.2. The van der Waals surface area contributed by atoms with E-state index in [0.29, 0.717) is 5.69 Å². The fraction of sp³-hybridized carbons (Fsp3) is 0.300. The Bertz CT molecular complexity index is 439. The van der Waals surface area contributed by atoms with Crippen LogP contribution in [0.1, 0.15) is 6.92 Å². The summed E-state index contributed by atoms with van der Waals surface area (Å²) in [4.78, 5) is 11.5. The van der Waals surface area contributed by atoms with Crippen LogP contribution in [0.15, 0.2) is 30.3 Å². The maximum absolute atomic E-state index is 11.5. The summed E-state index contributed by atoms with van der Waals surface area (Å²) in [5.41, 5.74) is 0.595. The van der Waals surface area contributed by atoms with Gasteiger partial charge in [-0.2, -0.15) is 0 Å². The first-order valence-corrected chi connectivity index (χ1v) is 6.41. The number of nitrogens with one attached hydrogen (secondary N) is 1. The maximum atomic E-state index is 11.5. The standard InChI is InChI=1S/C10H13NO3S/c1-8(15(2,13)14)10(12)11-9-6-4-3-5-7-9/h3-8H,1-2H3,(H,11,12)/t8-/m1/s1. The average Bonchev–Trinajstić information content (AvgIpc) is 2.16. The minimum atomic E-state index is -3.33. The van der Waals surface area contributed by atoms with Crippen molar-refractivity contribution in [3.8, 4) is 0 Å². The molecule has 1 aromatic rings. The second-order valence-electron chi connectivity index (χ2n) is 3.33. The van der Waals surface area contributed by atoms with Gasteiger partial charge in [0.15, 0.2) is 9.84 Å². The van der Waals surface area contributed by atoms with Crippen molar-refractivity contribution >= 4 is 21.4 Å². The second kappa shape index (κ2) is 4.44. The smallest absolute Gasteiger partial charge is 0.242 e. The van der Waals surface area contributed by atoms with Crippen molar-refractivity contribution in [2.24, 2.45) is 0 Å². The van der Waals surface area contributed by atoms with Crippen LogP contribution < -0.4 is 5.32 Å². The third-order valence-corrected chi connectivity index (χ3v) is 3.55. The minimum absolute atomic E-state index is 0.510. The molecule has 82 valence electrons. The Kier molecular flexibility index (Phi) is 3.47. The molecule has 1 rings (SSSR count). The van der Waals surface area contributed by atoms with Gasteiger partial charge in [0.25, 0.3) is 0 Å². The summed E-state index contributed by atoms with van der Waals surface area (Å²) in [6.07, 6.45) is 1.04. The third-order valence-electron chi connectivity index (χ3n) is 2.05. The first-order valence-electron chi connectivity index (χ1n) is 4.46. The predicted molar refractivity (Wildman–Crippen MR) is 59.4 cm³/mol. The zero-order valence-corrected chi connectivity index (χ0v) is 9.41. The first-order chi connectivity index (χ1) is 6.91. The fourth-order valence-corrected chi connectivity index (χ4v) is 1.41. The summed E-state index contributed by atoms with van der Waals surface area (Å²) >= 11 is 0. The Balaban J connectivity index is 2.73. The van der Waals surface area contributed by atoms with E-state index in [9.17, 15) is 13.2 Å². The van der Waals surface area contributed by atoms with Crippen molar-refractivity contribution < 1.29 is 13.2 Å². The molecule has 0 bridgehead atoms. The normalized spacial score (nSPS) is 13.2. The van der Waals surface area contributed by atoms with Crippen molar-refractivity contribution in [2.75, 3.05) is 11.6 Å². The van der Waals surface area contributed by atoms with Gasteiger partial charge < -0.3 is 5.32 Å². The molecule has 1 N–H and O–H groups in total. The number of amides is 1. The van der Waals surface area contributed by atoms with Crippen LogP contribution in [-0.4, -0.2) is 25.8 Å². The molecular formula is C10H13NO3S. The van der Waals surface area contributed by atoms with Crippen molar-refractivity contribution in [3.63, 3.8) is 0 Å². The molecule has 5 heteroatoms. The molecule has 0 unspecified atom stereocenters. The third kappa shape index (κ3) is 3.36. The molecule has 0 radical (unpaired) electrons. The summed E-state index contributed by atoms with van der Waals surface area (Å²) in [6.45, 7) is 1.37. The summed E-state index contributed by atoms with van der Waals surface area (Å²) in [6, 6.07) is 8.75. The van der Waals surface area contributed by atoms with Crippen LogP contribution in [-0.2, 0) is 14.6 Å². The lowest BCUT2D eigenvalue weighted by Gasteiger charge is -2.09. The number of carbonyl (C=O) groups is 1. The maximum Gasteiger partial charge on any atom is 0.242 e. The van der Waals surface area contributed by atoms with E-state index in [-0.39, 0.29) is 0 Å². The van der Waals surface area contributed by atoms with Crippen LogP contribution in [0.5, 0.6) is 0 Å². The largest absolute Gasteiger partial charge is 0.325 e. The highest BCUT2D eigenvalue weighted by Crippen LogP contribution is 2.07. The Hall–Kier alpha value is -1.36. The summed E-state index contributed by atoms with van der Waals surface area (Å²) in [5, 5.41) is 1.50. The molecule has 0 aliphatic rings. The SMILES string of the molecule is C[C@H](C(=O)Nc1ccccc1)S(C)(=O)=O. The van der Waals surface area contributed by atoms with E-state index in [1.54, 1.807) is 24.3 Å². The lowest BCUT2D eigenvalue weighted by Crippen LogP contribution is -2.31. The number of para-hydroxylation sites is 1. The lowest BCUT2D eigenvalue weighted by molar-refractivity contribution is -0.115. The van der Waals surface area contributed by atoms with E-state index in [0.717, 1.165) is 6.26 Å². The van der Waals surface area contributed by atoms with Crippen LogP contribution in [0, 0.1) is 0 Å². The van der Waals surface area contributed by atoms with E-state index in [1.165, 1.54) is 6.92 Å². The van der Waals surface area contributed by atoms with E-state index in [2.05, 4.69) is 5.32 Å². The van der Waals surface area contributed by atoms with E-state index < -0.39 is 21.0 Å². The van der Waals surface area contributed by atoms with Gasteiger partial charge in [-0.1, -0.05) is 18.2 Å². The summed E-state index contributed by atoms with van der Waals surface area (Å²) in [5.74, 6) is -0.510. The molecule has 1 aromatic carbocycles. The Labute approximate surface area is 89.2 Å². The lowest BCUT2D eigenvalue weighted by atomic mass is 10.3. The topological polar surface area (TPSA) is 63.2 Å². The monoisotopic (exact) mass is 227 g/mol. The predicted octanol–water partition coefficient (Wildman–Crippen LogP) is 1.06. The molecule has 0 aliphatic carbocycles. The number of benzene rings is 1. The van der Waals surface area contributed by atoms with Crippen molar-refractivity contribution in [1.82, 2.24) is 0 Å². The van der Waals surface area contributed by atoms with Crippen LogP contribution in [0.4, 0.5) is 5.69 Å². The molecule has 0 fully saturated rings. The van der Waals surface area contributed by atoms with Gasteiger partial charge in [0.2, 0.25) is 5.91 Å². The molecular weight excluding hydrogens is 214 g/mol. The molecule has 4 nitrogen and oxygen atoms in total. The number of carbonyl (C=O) groups excluding carboxylic acids is 1. The fourth-order valence-electron chi connectivity index (χ4n) is 0.960.